The summed E-state index contributed by atoms with van der Waals surface area (Å²) in [4.78, 5) is 0. The highest BCUT2D eigenvalue weighted by Gasteiger charge is 2.22. The van der Waals surface area contributed by atoms with Gasteiger partial charge in [-0.25, -0.2) is 13.1 Å². The third-order valence-corrected chi connectivity index (χ3v) is 3.99. The lowest BCUT2D eigenvalue weighted by molar-refractivity contribution is 0.122. The van der Waals surface area contributed by atoms with Gasteiger partial charge >= 0.3 is 0 Å². The summed E-state index contributed by atoms with van der Waals surface area (Å²) in [5.41, 5.74) is 0. The molecule has 1 heterocycles. The van der Waals surface area contributed by atoms with Gasteiger partial charge in [0.05, 0.1) is 17.3 Å². The molecular weight excluding hydrogens is 254 g/mol. The summed E-state index contributed by atoms with van der Waals surface area (Å²) in [6, 6.07) is 0. The molecule has 1 N–H and O–H groups in total. The normalized spacial score (nSPS) is 14.0. The van der Waals surface area contributed by atoms with Gasteiger partial charge in [0.25, 0.3) is 10.0 Å². The van der Waals surface area contributed by atoms with Gasteiger partial charge in [-0.05, 0) is 6.92 Å². The van der Waals surface area contributed by atoms with Crippen molar-refractivity contribution in [1.29, 1.82) is 0 Å². The number of ether oxygens (including phenoxy) is 1. The Morgan fingerprint density at radius 3 is 2.75 bits per heavy atom. The summed E-state index contributed by atoms with van der Waals surface area (Å²) in [6.45, 7) is 1.94. The molecule has 0 spiro atoms. The highest BCUT2D eigenvalue weighted by atomic mass is 35.5. The molecule has 0 aliphatic heterocycles. The molecule has 0 fully saturated rings. The monoisotopic (exact) mass is 267 g/mol. The zero-order valence-corrected chi connectivity index (χ0v) is 10.8. The zero-order valence-electron chi connectivity index (χ0n) is 9.27. The van der Waals surface area contributed by atoms with Gasteiger partial charge in [0, 0.05) is 20.7 Å². The van der Waals surface area contributed by atoms with Gasteiger partial charge in [-0.3, -0.25) is 4.68 Å². The number of rotatable bonds is 5. The van der Waals surface area contributed by atoms with Crippen molar-refractivity contribution >= 4 is 21.6 Å². The van der Waals surface area contributed by atoms with Crippen LogP contribution in [0, 0.1) is 0 Å². The maximum absolute atomic E-state index is 11.8. The van der Waals surface area contributed by atoms with Crippen LogP contribution in [-0.2, 0) is 21.8 Å². The molecule has 0 saturated heterocycles. The Balaban J connectivity index is 2.87. The first-order valence-electron chi connectivity index (χ1n) is 4.58. The molecule has 8 heteroatoms. The molecule has 1 atom stereocenters. The minimum Gasteiger partial charge on any atom is -0.380 e. The lowest BCUT2D eigenvalue weighted by Gasteiger charge is -2.11. The zero-order chi connectivity index (χ0) is 12.3. The predicted octanol–water partition coefficient (Wildman–Crippen LogP) is 0.387. The molecule has 16 heavy (non-hydrogen) atoms. The largest absolute Gasteiger partial charge is 0.380 e. The number of sulfonamides is 1. The third-order valence-electron chi connectivity index (χ3n) is 2.06. The highest BCUT2D eigenvalue weighted by molar-refractivity contribution is 7.89. The molecular formula is C8H14ClN3O3S. The molecule has 0 aliphatic carbocycles. The molecule has 1 aromatic rings. The average molecular weight is 268 g/mol. The molecule has 1 rings (SSSR count). The molecule has 92 valence electrons. The molecule has 1 unspecified atom stereocenters. The summed E-state index contributed by atoms with van der Waals surface area (Å²) in [7, 11) is -0.621. The van der Waals surface area contributed by atoms with Crippen molar-refractivity contribution in [1.82, 2.24) is 14.5 Å². The second-order valence-corrected chi connectivity index (χ2v) is 5.41. The fourth-order valence-electron chi connectivity index (χ4n) is 1.08. The van der Waals surface area contributed by atoms with Crippen LogP contribution in [0.25, 0.3) is 0 Å². The van der Waals surface area contributed by atoms with Crippen molar-refractivity contribution in [2.45, 2.75) is 18.1 Å². The molecule has 0 aliphatic rings. The molecule has 0 amide bonds. The number of nitrogens with one attached hydrogen (secondary N) is 1. The van der Waals surface area contributed by atoms with Crippen LogP contribution in [0.3, 0.4) is 0 Å². The Bertz CT molecular complexity index is 438. The van der Waals surface area contributed by atoms with Gasteiger partial charge in [0.1, 0.15) is 0 Å². The maximum atomic E-state index is 11.8. The van der Waals surface area contributed by atoms with E-state index in [4.69, 9.17) is 16.3 Å². The first-order valence-corrected chi connectivity index (χ1v) is 6.44. The molecule has 1 aromatic heterocycles. The summed E-state index contributed by atoms with van der Waals surface area (Å²) in [5, 5.41) is 3.82. The van der Waals surface area contributed by atoms with Crippen LogP contribution in [0.4, 0.5) is 0 Å². The molecule has 6 nitrogen and oxygen atoms in total. The number of methoxy groups -OCH3 is 1. The fourth-order valence-corrected chi connectivity index (χ4v) is 2.85. The van der Waals surface area contributed by atoms with Gasteiger partial charge in [-0.2, -0.15) is 5.10 Å². The summed E-state index contributed by atoms with van der Waals surface area (Å²) in [6.07, 6.45) is 1.08. The smallest absolute Gasteiger partial charge is 0.259 e. The van der Waals surface area contributed by atoms with E-state index in [9.17, 15) is 8.42 Å². The quantitative estimate of drug-likeness (QED) is 0.837. The van der Waals surface area contributed by atoms with Gasteiger partial charge in [-0.15, -0.1) is 0 Å². The van der Waals surface area contributed by atoms with Crippen LogP contribution < -0.4 is 4.72 Å². The third kappa shape index (κ3) is 2.94. The van der Waals surface area contributed by atoms with E-state index in [1.165, 1.54) is 25.0 Å². The first-order chi connectivity index (χ1) is 7.38. The van der Waals surface area contributed by atoms with E-state index in [1.54, 1.807) is 6.92 Å². The fraction of sp³-hybridized carbons (Fsp3) is 0.625. The first kappa shape index (κ1) is 13.4. The lowest BCUT2D eigenvalue weighted by atomic mass is 10.4. The van der Waals surface area contributed by atoms with E-state index < -0.39 is 10.0 Å². The number of aromatic nitrogens is 2. The van der Waals surface area contributed by atoms with Gasteiger partial charge < -0.3 is 4.74 Å². The molecule has 0 saturated carbocycles. The van der Waals surface area contributed by atoms with Crippen molar-refractivity contribution < 1.29 is 13.2 Å². The Morgan fingerprint density at radius 1 is 1.69 bits per heavy atom. The second kappa shape index (κ2) is 5.13. The van der Waals surface area contributed by atoms with Crippen LogP contribution in [-0.4, -0.2) is 38.0 Å². The topological polar surface area (TPSA) is 73.2 Å². The van der Waals surface area contributed by atoms with E-state index in [-0.39, 0.29) is 22.7 Å². The highest BCUT2D eigenvalue weighted by Crippen LogP contribution is 2.19. The van der Waals surface area contributed by atoms with Crippen molar-refractivity contribution in [3.63, 3.8) is 0 Å². The van der Waals surface area contributed by atoms with Crippen LogP contribution >= 0.6 is 11.6 Å². The molecule has 0 bridgehead atoms. The van der Waals surface area contributed by atoms with E-state index in [2.05, 4.69) is 9.82 Å². The predicted molar refractivity (Wildman–Crippen MR) is 59.9 cm³/mol. The summed E-state index contributed by atoms with van der Waals surface area (Å²) < 4.78 is 32.2. The average Bonchev–Trinajstić information content (AvgIpc) is 2.55. The standard InChI is InChI=1S/C8H14ClN3O3S/c1-6(15-3)4-11-16(13,14)8-7(9)5-10-12(8)2/h5-6,11H,4H2,1-3H3. The van der Waals surface area contributed by atoms with Crippen LogP contribution in [0.1, 0.15) is 6.92 Å². The maximum Gasteiger partial charge on any atom is 0.259 e. The van der Waals surface area contributed by atoms with Crippen molar-refractivity contribution in [2.75, 3.05) is 13.7 Å². The number of halogens is 1. The van der Waals surface area contributed by atoms with Crippen molar-refractivity contribution in [2.24, 2.45) is 7.05 Å². The summed E-state index contributed by atoms with van der Waals surface area (Å²) >= 11 is 5.75. The Labute approximate surface area is 99.6 Å². The lowest BCUT2D eigenvalue weighted by Crippen LogP contribution is -2.32. The summed E-state index contributed by atoms with van der Waals surface area (Å²) in [5.74, 6) is 0. The van der Waals surface area contributed by atoms with Crippen molar-refractivity contribution in [3.8, 4) is 0 Å². The van der Waals surface area contributed by atoms with Crippen molar-refractivity contribution in [3.05, 3.63) is 11.2 Å². The number of hydrogen-bond donors (Lipinski definition) is 1. The van der Waals surface area contributed by atoms with Gasteiger partial charge in [0.2, 0.25) is 0 Å². The van der Waals surface area contributed by atoms with Crippen LogP contribution in [0.15, 0.2) is 11.2 Å². The van der Waals surface area contributed by atoms with E-state index in [1.807, 2.05) is 0 Å². The Hall–Kier alpha value is -0.630. The SMILES string of the molecule is COC(C)CNS(=O)(=O)c1c(Cl)cnn1C. The van der Waals surface area contributed by atoms with Crippen LogP contribution in [0.2, 0.25) is 5.02 Å². The second-order valence-electron chi connectivity index (χ2n) is 3.32. The molecule has 0 radical (unpaired) electrons. The van der Waals surface area contributed by atoms with Gasteiger partial charge in [0.15, 0.2) is 5.03 Å². The minimum atomic E-state index is -3.64. The van der Waals surface area contributed by atoms with Crippen LogP contribution in [0.5, 0.6) is 0 Å². The van der Waals surface area contributed by atoms with E-state index in [0.717, 1.165) is 0 Å². The van der Waals surface area contributed by atoms with Gasteiger partial charge in [-0.1, -0.05) is 11.6 Å². The molecule has 0 aromatic carbocycles. The van der Waals surface area contributed by atoms with E-state index in [0.29, 0.717) is 0 Å². The van der Waals surface area contributed by atoms with E-state index >= 15 is 0 Å². The number of hydrogen-bond acceptors (Lipinski definition) is 4. The minimum absolute atomic E-state index is 0.0440. The Morgan fingerprint density at radius 2 is 2.31 bits per heavy atom. The number of nitrogens with zero attached hydrogens (tertiary/aromatic N) is 2. The Kier molecular flexibility index (Phi) is 4.31. The number of aryl methyl sites for hydroxylation is 1.